The Hall–Kier alpha value is -4.05. The third-order valence-corrected chi connectivity index (χ3v) is 6.44. The van der Waals surface area contributed by atoms with Crippen molar-refractivity contribution in [3.63, 3.8) is 0 Å². The van der Waals surface area contributed by atoms with Crippen molar-refractivity contribution in [1.29, 1.82) is 5.26 Å². The van der Waals surface area contributed by atoms with Crippen molar-refractivity contribution < 1.29 is 9.53 Å². The van der Waals surface area contributed by atoms with Crippen LogP contribution in [0.3, 0.4) is 0 Å². The average Bonchev–Trinajstić information content (AvgIpc) is 3.34. The van der Waals surface area contributed by atoms with E-state index in [4.69, 9.17) is 4.74 Å². The van der Waals surface area contributed by atoms with Crippen LogP contribution < -0.4 is 15.4 Å². The number of hydrogen-bond donors (Lipinski definition) is 2. The molecular formula is C29H26N4O2. The van der Waals surface area contributed by atoms with Crippen LogP contribution in [0, 0.1) is 11.3 Å². The number of nitrogens with one attached hydrogen (secondary N) is 2. The lowest BCUT2D eigenvalue weighted by Gasteiger charge is -2.16. The largest absolute Gasteiger partial charge is 0.497 e. The maximum Gasteiger partial charge on any atom is 0.194 e. The highest BCUT2D eigenvalue weighted by atomic mass is 16.5. The molecule has 0 amide bonds. The summed E-state index contributed by atoms with van der Waals surface area (Å²) in [6.07, 6.45) is 3.40. The summed E-state index contributed by atoms with van der Waals surface area (Å²) < 4.78 is 5.28. The molecule has 6 nitrogen and oxygen atoms in total. The van der Waals surface area contributed by atoms with Gasteiger partial charge in [-0.15, -0.1) is 0 Å². The van der Waals surface area contributed by atoms with Gasteiger partial charge in [0.1, 0.15) is 5.75 Å². The minimum absolute atomic E-state index is 0.0883. The second kappa shape index (κ2) is 10.1. The number of pyridine rings is 1. The number of fused-ring (bicyclic) bond motifs is 1. The van der Waals surface area contributed by atoms with Gasteiger partial charge in [0.2, 0.25) is 0 Å². The number of benzene rings is 3. The van der Waals surface area contributed by atoms with E-state index < -0.39 is 0 Å². The first-order valence-corrected chi connectivity index (χ1v) is 11.7. The van der Waals surface area contributed by atoms with Crippen LogP contribution in [-0.4, -0.2) is 36.6 Å². The zero-order valence-corrected chi connectivity index (χ0v) is 19.5. The Balaban J connectivity index is 1.33. The first kappa shape index (κ1) is 22.7. The second-order valence-electron chi connectivity index (χ2n) is 8.77. The van der Waals surface area contributed by atoms with Crippen LogP contribution in [0.4, 0.5) is 0 Å². The van der Waals surface area contributed by atoms with Gasteiger partial charge < -0.3 is 10.1 Å². The van der Waals surface area contributed by atoms with Crippen molar-refractivity contribution in [1.82, 2.24) is 15.6 Å². The molecule has 1 fully saturated rings. The lowest BCUT2D eigenvalue weighted by atomic mass is 9.91. The Morgan fingerprint density at radius 3 is 2.71 bits per heavy atom. The van der Waals surface area contributed by atoms with E-state index in [1.165, 1.54) is 5.39 Å². The maximum absolute atomic E-state index is 13.5. The predicted octanol–water partition coefficient (Wildman–Crippen LogP) is 4.02. The van der Waals surface area contributed by atoms with Gasteiger partial charge in [-0.25, -0.2) is 0 Å². The number of rotatable bonds is 7. The van der Waals surface area contributed by atoms with Gasteiger partial charge in [-0.3, -0.25) is 15.1 Å². The molecule has 1 saturated heterocycles. The van der Waals surface area contributed by atoms with Crippen LogP contribution in [-0.2, 0) is 12.8 Å². The Morgan fingerprint density at radius 2 is 1.89 bits per heavy atom. The third-order valence-electron chi connectivity index (χ3n) is 6.44. The van der Waals surface area contributed by atoms with Crippen LogP contribution in [0.25, 0.3) is 10.8 Å². The highest BCUT2D eigenvalue weighted by molar-refractivity contribution is 6.11. The van der Waals surface area contributed by atoms with Crippen molar-refractivity contribution in [2.45, 2.75) is 25.0 Å². The Morgan fingerprint density at radius 1 is 1.06 bits per heavy atom. The molecule has 1 unspecified atom stereocenters. The van der Waals surface area contributed by atoms with Gasteiger partial charge >= 0.3 is 0 Å². The van der Waals surface area contributed by atoms with Crippen LogP contribution >= 0.6 is 0 Å². The van der Waals surface area contributed by atoms with Gasteiger partial charge in [0.05, 0.1) is 24.9 Å². The summed E-state index contributed by atoms with van der Waals surface area (Å²) in [4.78, 5) is 18.1. The number of carbonyl (C=O) groups is 1. The van der Waals surface area contributed by atoms with Gasteiger partial charge in [-0.05, 0) is 41.6 Å². The minimum Gasteiger partial charge on any atom is -0.497 e. The van der Waals surface area contributed by atoms with Crippen LogP contribution in [0.2, 0.25) is 0 Å². The molecule has 1 aliphatic rings. The molecule has 0 aliphatic carbocycles. The van der Waals surface area contributed by atoms with E-state index in [0.717, 1.165) is 29.6 Å². The van der Waals surface area contributed by atoms with E-state index >= 15 is 0 Å². The average molecular weight is 463 g/mol. The standard InChI is InChI=1S/C29H26N4O2/c1-35-26-11-5-9-21(14-26)29(34)28-20(8-4-10-22(28)16-30)13-25-18-32-27(33-25)15-24-12-19-6-2-3-7-23(19)17-31-24/h2-12,14,17,25,27,32-33H,13,15,18H2,1H3/t25-,27?/m0/s1. The van der Waals surface area contributed by atoms with Crippen molar-refractivity contribution in [2.75, 3.05) is 13.7 Å². The Bertz CT molecular complexity index is 1430. The number of ether oxygens (including phenoxy) is 1. The molecule has 2 N–H and O–H groups in total. The molecule has 1 aromatic heterocycles. The van der Waals surface area contributed by atoms with Crippen LogP contribution in [0.5, 0.6) is 5.75 Å². The highest BCUT2D eigenvalue weighted by Crippen LogP contribution is 2.23. The predicted molar refractivity (Wildman–Crippen MR) is 135 cm³/mol. The highest BCUT2D eigenvalue weighted by Gasteiger charge is 2.26. The summed E-state index contributed by atoms with van der Waals surface area (Å²) in [5.74, 6) is 0.442. The van der Waals surface area contributed by atoms with Gasteiger partial charge in [0.25, 0.3) is 0 Å². The van der Waals surface area contributed by atoms with Crippen LogP contribution in [0.15, 0.2) is 79.0 Å². The first-order valence-electron chi connectivity index (χ1n) is 11.7. The lowest BCUT2D eigenvalue weighted by Crippen LogP contribution is -2.36. The third kappa shape index (κ3) is 4.92. The number of ketones is 1. The quantitative estimate of drug-likeness (QED) is 0.404. The number of hydrogen-bond acceptors (Lipinski definition) is 6. The Kier molecular flexibility index (Phi) is 6.53. The molecule has 0 radical (unpaired) electrons. The summed E-state index contributed by atoms with van der Waals surface area (Å²) in [6.45, 7) is 0.766. The molecule has 2 heterocycles. The number of aromatic nitrogens is 1. The molecule has 2 atom stereocenters. The molecule has 5 rings (SSSR count). The van der Waals surface area contributed by atoms with Crippen molar-refractivity contribution in [3.8, 4) is 11.8 Å². The molecule has 35 heavy (non-hydrogen) atoms. The smallest absolute Gasteiger partial charge is 0.194 e. The monoisotopic (exact) mass is 462 g/mol. The van der Waals surface area contributed by atoms with Crippen molar-refractivity contribution in [2.24, 2.45) is 0 Å². The van der Waals surface area contributed by atoms with E-state index in [9.17, 15) is 10.1 Å². The maximum atomic E-state index is 13.5. The summed E-state index contributed by atoms with van der Waals surface area (Å²) in [5, 5.41) is 19.2. The summed E-state index contributed by atoms with van der Waals surface area (Å²) >= 11 is 0. The summed E-state index contributed by atoms with van der Waals surface area (Å²) in [6, 6.07) is 25.2. The molecule has 3 aromatic carbocycles. The van der Waals surface area contributed by atoms with Gasteiger partial charge in [-0.2, -0.15) is 5.26 Å². The fourth-order valence-corrected chi connectivity index (χ4v) is 4.70. The zero-order valence-electron chi connectivity index (χ0n) is 19.5. The first-order chi connectivity index (χ1) is 17.1. The normalized spacial score (nSPS) is 17.3. The minimum atomic E-state index is -0.168. The topological polar surface area (TPSA) is 87.0 Å². The number of carbonyl (C=O) groups excluding carboxylic acids is 1. The molecule has 6 heteroatoms. The second-order valence-corrected chi connectivity index (χ2v) is 8.77. The van der Waals surface area contributed by atoms with Gasteiger partial charge in [0.15, 0.2) is 5.78 Å². The fraction of sp³-hybridized carbons (Fsp3) is 0.207. The van der Waals surface area contributed by atoms with E-state index in [1.54, 1.807) is 37.4 Å². The molecule has 0 bridgehead atoms. The number of nitriles is 1. The zero-order chi connectivity index (χ0) is 24.2. The molecule has 174 valence electrons. The molecule has 4 aromatic rings. The van der Waals surface area contributed by atoms with Crippen molar-refractivity contribution in [3.05, 3.63) is 107 Å². The lowest BCUT2D eigenvalue weighted by molar-refractivity contribution is 0.103. The SMILES string of the molecule is COc1cccc(C(=O)c2c(C#N)cccc2C[C@H]2CNC(Cc3cc4ccccc4cn3)N2)c1. The van der Waals surface area contributed by atoms with E-state index in [-0.39, 0.29) is 18.0 Å². The summed E-state index contributed by atoms with van der Waals surface area (Å²) in [7, 11) is 1.57. The number of nitrogens with zero attached hydrogens (tertiary/aromatic N) is 2. The fourth-order valence-electron chi connectivity index (χ4n) is 4.70. The number of methoxy groups -OCH3 is 1. The van der Waals surface area contributed by atoms with E-state index in [1.807, 2.05) is 30.5 Å². The van der Waals surface area contributed by atoms with Gasteiger partial charge in [0, 0.05) is 47.4 Å². The summed E-state index contributed by atoms with van der Waals surface area (Å²) in [5.41, 5.74) is 3.24. The molecule has 0 saturated carbocycles. The Labute approximate surface area is 204 Å². The molecular weight excluding hydrogens is 436 g/mol. The van der Waals surface area contributed by atoms with Crippen LogP contribution in [0.1, 0.15) is 32.7 Å². The van der Waals surface area contributed by atoms with Gasteiger partial charge in [-0.1, -0.05) is 48.5 Å². The van der Waals surface area contributed by atoms with E-state index in [0.29, 0.717) is 28.9 Å². The van der Waals surface area contributed by atoms with E-state index in [2.05, 4.69) is 39.9 Å². The molecule has 1 aliphatic heterocycles. The van der Waals surface area contributed by atoms with Crippen molar-refractivity contribution >= 4 is 16.6 Å². The molecule has 0 spiro atoms.